The monoisotopic (exact) mass is 170 g/mol. The number of rotatable bonds is 1. The minimum absolute atomic E-state index is 0.336. The molecule has 0 bridgehead atoms. The maximum atomic E-state index is 10.0. The summed E-state index contributed by atoms with van der Waals surface area (Å²) in [5.41, 5.74) is -0.0785. The molecule has 0 amide bonds. The molecule has 1 nitrogen and oxygen atoms in total. The van der Waals surface area contributed by atoms with Gasteiger partial charge in [-0.1, -0.05) is 27.2 Å². The molecule has 1 heteroatoms. The molecule has 1 saturated carbocycles. The maximum Gasteiger partial charge on any atom is 0.0627 e. The van der Waals surface area contributed by atoms with Gasteiger partial charge in [0.05, 0.1) is 5.60 Å². The highest BCUT2D eigenvalue weighted by atomic mass is 16.3. The zero-order chi connectivity index (χ0) is 9.41. The summed E-state index contributed by atoms with van der Waals surface area (Å²) < 4.78 is 0. The third-order valence-corrected chi connectivity index (χ3v) is 3.01. The Kier molecular flexibility index (Phi) is 2.53. The van der Waals surface area contributed by atoms with Gasteiger partial charge in [0.2, 0.25) is 0 Å². The lowest BCUT2D eigenvalue weighted by Crippen LogP contribution is -2.40. The predicted molar refractivity (Wildman–Crippen MR) is 52.0 cm³/mol. The zero-order valence-electron chi connectivity index (χ0n) is 8.85. The molecule has 0 heterocycles. The second kappa shape index (κ2) is 3.02. The van der Waals surface area contributed by atoms with Crippen molar-refractivity contribution in [3.8, 4) is 0 Å². The Morgan fingerprint density at radius 3 is 2.25 bits per heavy atom. The summed E-state index contributed by atoms with van der Waals surface area (Å²) in [6.07, 6.45) is 4.43. The van der Waals surface area contributed by atoms with E-state index in [1.807, 2.05) is 6.92 Å². The fourth-order valence-corrected chi connectivity index (χ4v) is 2.94. The highest BCUT2D eigenvalue weighted by Crippen LogP contribution is 2.44. The number of hydrogen-bond acceptors (Lipinski definition) is 1. The summed E-state index contributed by atoms with van der Waals surface area (Å²) >= 11 is 0. The lowest BCUT2D eigenvalue weighted by Gasteiger charge is -2.43. The number of aliphatic hydroxyl groups is 1. The van der Waals surface area contributed by atoms with Crippen molar-refractivity contribution in [1.82, 2.24) is 0 Å². The molecule has 0 aromatic heterocycles. The molecule has 72 valence electrons. The Morgan fingerprint density at radius 1 is 1.25 bits per heavy atom. The summed E-state index contributed by atoms with van der Waals surface area (Å²) in [6, 6.07) is 0. The van der Waals surface area contributed by atoms with Crippen molar-refractivity contribution < 1.29 is 5.11 Å². The van der Waals surface area contributed by atoms with Crippen LogP contribution in [0.4, 0.5) is 0 Å². The summed E-state index contributed by atoms with van der Waals surface area (Å²) in [7, 11) is 0. The second-order valence-electron chi connectivity index (χ2n) is 5.52. The van der Waals surface area contributed by atoms with Crippen molar-refractivity contribution in [3.63, 3.8) is 0 Å². The minimum Gasteiger partial charge on any atom is -0.390 e. The molecule has 0 saturated heterocycles. The quantitative estimate of drug-likeness (QED) is 0.641. The largest absolute Gasteiger partial charge is 0.390 e. The highest BCUT2D eigenvalue weighted by molar-refractivity contribution is 4.90. The van der Waals surface area contributed by atoms with Gasteiger partial charge in [-0.3, -0.25) is 0 Å². The third kappa shape index (κ3) is 2.48. The van der Waals surface area contributed by atoms with E-state index in [1.54, 1.807) is 0 Å². The summed E-state index contributed by atoms with van der Waals surface area (Å²) in [6.45, 7) is 8.74. The van der Waals surface area contributed by atoms with Gasteiger partial charge < -0.3 is 5.11 Å². The summed E-state index contributed by atoms with van der Waals surface area (Å²) in [5.74, 6) is 0.726. The maximum absolute atomic E-state index is 10.0. The predicted octanol–water partition coefficient (Wildman–Crippen LogP) is 2.97. The fourth-order valence-electron chi connectivity index (χ4n) is 2.94. The normalized spacial score (nSPS) is 41.2. The van der Waals surface area contributed by atoms with E-state index in [0.29, 0.717) is 5.41 Å². The van der Waals surface area contributed by atoms with Crippen molar-refractivity contribution in [2.45, 2.75) is 59.0 Å². The average Bonchev–Trinajstić information content (AvgIpc) is 1.80. The topological polar surface area (TPSA) is 20.2 Å². The van der Waals surface area contributed by atoms with E-state index < -0.39 is 5.60 Å². The van der Waals surface area contributed by atoms with Crippen LogP contribution in [0, 0.1) is 11.3 Å². The van der Waals surface area contributed by atoms with Gasteiger partial charge in [0.25, 0.3) is 0 Å². The van der Waals surface area contributed by atoms with Gasteiger partial charge in [0.15, 0.2) is 0 Å². The first-order valence-corrected chi connectivity index (χ1v) is 5.07. The van der Waals surface area contributed by atoms with E-state index in [1.165, 1.54) is 12.8 Å². The van der Waals surface area contributed by atoms with Crippen molar-refractivity contribution in [1.29, 1.82) is 0 Å². The van der Waals surface area contributed by atoms with Crippen molar-refractivity contribution >= 4 is 0 Å². The Labute approximate surface area is 76.2 Å². The molecular formula is C11H22O. The van der Waals surface area contributed by atoms with Crippen LogP contribution in [-0.4, -0.2) is 10.7 Å². The number of hydrogen-bond donors (Lipinski definition) is 1. The van der Waals surface area contributed by atoms with Crippen LogP contribution < -0.4 is 0 Å². The Morgan fingerprint density at radius 2 is 1.83 bits per heavy atom. The standard InChI is InChI=1S/C11H22O/c1-5-9-6-10(2,3)8-11(4,12)7-9/h9,12H,5-8H2,1-4H3/t9-,11?/m1/s1. The van der Waals surface area contributed by atoms with Crippen LogP contribution in [0.25, 0.3) is 0 Å². The van der Waals surface area contributed by atoms with Crippen LogP contribution in [0.2, 0.25) is 0 Å². The van der Waals surface area contributed by atoms with Gasteiger partial charge in [-0.05, 0) is 37.5 Å². The van der Waals surface area contributed by atoms with E-state index in [0.717, 1.165) is 18.8 Å². The van der Waals surface area contributed by atoms with Crippen LogP contribution in [0.1, 0.15) is 53.4 Å². The summed E-state index contributed by atoms with van der Waals surface area (Å²) in [5, 5.41) is 10.0. The van der Waals surface area contributed by atoms with E-state index in [4.69, 9.17) is 0 Å². The third-order valence-electron chi connectivity index (χ3n) is 3.01. The molecule has 0 spiro atoms. The van der Waals surface area contributed by atoms with Gasteiger partial charge in [-0.25, -0.2) is 0 Å². The van der Waals surface area contributed by atoms with E-state index in [-0.39, 0.29) is 0 Å². The van der Waals surface area contributed by atoms with Crippen LogP contribution in [0.15, 0.2) is 0 Å². The zero-order valence-corrected chi connectivity index (χ0v) is 8.85. The van der Waals surface area contributed by atoms with Gasteiger partial charge in [-0.15, -0.1) is 0 Å². The highest BCUT2D eigenvalue weighted by Gasteiger charge is 2.38. The molecule has 0 aromatic carbocycles. The molecule has 1 rings (SSSR count). The Bertz CT molecular complexity index is 142. The lowest BCUT2D eigenvalue weighted by molar-refractivity contribution is -0.0478. The Balaban J connectivity index is 2.66. The molecule has 1 fully saturated rings. The second-order valence-corrected chi connectivity index (χ2v) is 5.52. The van der Waals surface area contributed by atoms with E-state index >= 15 is 0 Å². The van der Waals surface area contributed by atoms with Gasteiger partial charge in [-0.2, -0.15) is 0 Å². The molecule has 0 radical (unpaired) electrons. The van der Waals surface area contributed by atoms with Gasteiger partial charge >= 0.3 is 0 Å². The molecule has 0 aromatic rings. The molecule has 2 atom stereocenters. The SMILES string of the molecule is CC[C@@H]1CC(C)(C)CC(C)(O)C1. The summed E-state index contributed by atoms with van der Waals surface area (Å²) in [4.78, 5) is 0. The molecule has 1 aliphatic carbocycles. The van der Waals surface area contributed by atoms with E-state index in [9.17, 15) is 5.11 Å². The fraction of sp³-hybridized carbons (Fsp3) is 1.00. The Hall–Kier alpha value is -0.0400. The van der Waals surface area contributed by atoms with Gasteiger partial charge in [0.1, 0.15) is 0 Å². The van der Waals surface area contributed by atoms with E-state index in [2.05, 4.69) is 20.8 Å². The van der Waals surface area contributed by atoms with Crippen molar-refractivity contribution in [2.75, 3.05) is 0 Å². The molecule has 1 aliphatic rings. The van der Waals surface area contributed by atoms with Crippen molar-refractivity contribution in [2.24, 2.45) is 11.3 Å². The molecule has 12 heavy (non-hydrogen) atoms. The molecule has 1 unspecified atom stereocenters. The lowest BCUT2D eigenvalue weighted by atomic mass is 9.65. The van der Waals surface area contributed by atoms with Crippen LogP contribution in [0.5, 0.6) is 0 Å². The molecule has 1 N–H and O–H groups in total. The first kappa shape index (κ1) is 10.0. The average molecular weight is 170 g/mol. The smallest absolute Gasteiger partial charge is 0.0627 e. The van der Waals surface area contributed by atoms with Gasteiger partial charge in [0, 0.05) is 0 Å². The first-order chi connectivity index (χ1) is 5.35. The minimum atomic E-state index is -0.414. The molecule has 0 aliphatic heterocycles. The van der Waals surface area contributed by atoms with Crippen LogP contribution in [-0.2, 0) is 0 Å². The first-order valence-electron chi connectivity index (χ1n) is 5.07. The van der Waals surface area contributed by atoms with Crippen molar-refractivity contribution in [3.05, 3.63) is 0 Å². The van der Waals surface area contributed by atoms with Crippen LogP contribution >= 0.6 is 0 Å². The van der Waals surface area contributed by atoms with Crippen LogP contribution in [0.3, 0.4) is 0 Å². The molecular weight excluding hydrogens is 148 g/mol.